The lowest BCUT2D eigenvalue weighted by atomic mass is 9.83. The lowest BCUT2D eigenvalue weighted by molar-refractivity contribution is -0.140. The van der Waals surface area contributed by atoms with Gasteiger partial charge in [0.25, 0.3) is 0 Å². The lowest BCUT2D eigenvalue weighted by Gasteiger charge is -2.19. The van der Waals surface area contributed by atoms with Crippen LogP contribution in [0.25, 0.3) is 27.9 Å². The highest BCUT2D eigenvalue weighted by molar-refractivity contribution is 6.27. The van der Waals surface area contributed by atoms with Crippen LogP contribution in [0.2, 0.25) is 0 Å². The number of Topliss-reactive ketones (excluding diaryl/α,β-unsaturated/α-hetero) is 1. The van der Waals surface area contributed by atoms with Crippen molar-refractivity contribution in [1.29, 1.82) is 0 Å². The second-order valence-electron chi connectivity index (χ2n) is 12.5. The first kappa shape index (κ1) is 30.5. The fourth-order valence-corrected chi connectivity index (χ4v) is 7.45. The third-order valence-electron chi connectivity index (χ3n) is 10.0. The number of aryl methyl sites for hydroxylation is 1. The fourth-order valence-electron chi connectivity index (χ4n) is 7.45. The third-order valence-corrected chi connectivity index (χ3v) is 10.0. The smallest absolute Gasteiger partial charge is 0.305 e. The van der Waals surface area contributed by atoms with E-state index >= 15 is 0 Å². The van der Waals surface area contributed by atoms with Crippen molar-refractivity contribution in [1.82, 2.24) is 19.9 Å². The lowest BCUT2D eigenvalue weighted by Crippen LogP contribution is -2.13. The summed E-state index contributed by atoms with van der Waals surface area (Å²) in [6.45, 7) is 11.9. The van der Waals surface area contributed by atoms with Gasteiger partial charge >= 0.3 is 5.97 Å². The van der Waals surface area contributed by atoms with Gasteiger partial charge in [-0.1, -0.05) is 20.8 Å². The molecule has 6 rings (SSSR count). The van der Waals surface area contributed by atoms with Gasteiger partial charge in [-0.3, -0.25) is 19.4 Å². The molecule has 9 nitrogen and oxygen atoms in total. The molecule has 2 aromatic rings. The summed E-state index contributed by atoms with van der Waals surface area (Å²) in [6.07, 6.45) is 3.10. The Kier molecular flexibility index (Phi) is 7.75. The van der Waals surface area contributed by atoms with Crippen molar-refractivity contribution in [3.05, 3.63) is 75.1 Å². The second-order valence-corrected chi connectivity index (χ2v) is 12.5. The van der Waals surface area contributed by atoms with Crippen molar-refractivity contribution < 1.29 is 23.9 Å². The third kappa shape index (κ3) is 4.89. The summed E-state index contributed by atoms with van der Waals surface area (Å²) in [7, 11) is 2.95. The largest absolute Gasteiger partial charge is 0.496 e. The number of methoxy groups -OCH3 is 2. The Hall–Kier alpha value is -4.53. The summed E-state index contributed by atoms with van der Waals surface area (Å²) in [5, 5.41) is 0. The molecular weight excluding hydrogens is 568 g/mol. The number of aromatic nitrogens is 4. The highest BCUT2D eigenvalue weighted by Crippen LogP contribution is 2.46. The molecule has 5 heterocycles. The number of carbonyl (C=O) groups is 3. The minimum Gasteiger partial charge on any atom is -0.496 e. The summed E-state index contributed by atoms with van der Waals surface area (Å²) in [5.74, 6) is -0.0256. The van der Waals surface area contributed by atoms with Gasteiger partial charge in [-0.2, -0.15) is 0 Å². The summed E-state index contributed by atoms with van der Waals surface area (Å²) in [4.78, 5) is 56.5. The minimum atomic E-state index is -0.316. The summed E-state index contributed by atoms with van der Waals surface area (Å²) >= 11 is 0. The molecule has 1 aliphatic carbocycles. The van der Waals surface area contributed by atoms with Crippen molar-refractivity contribution >= 4 is 45.5 Å². The number of esters is 1. The molecule has 4 aliphatic rings. The Bertz CT molecular complexity index is 1910. The number of nitrogens with one attached hydrogen (secondary N) is 2. The number of hydrogen-bond donors (Lipinski definition) is 2. The molecule has 0 fully saturated rings. The van der Waals surface area contributed by atoms with Crippen molar-refractivity contribution in [3.8, 4) is 0 Å². The van der Waals surface area contributed by atoms with Gasteiger partial charge in [-0.25, -0.2) is 4.98 Å². The number of ether oxygens (including phenoxy) is 2. The van der Waals surface area contributed by atoms with Crippen LogP contribution in [0, 0.1) is 6.92 Å². The van der Waals surface area contributed by atoms with E-state index in [1.165, 1.54) is 13.2 Å². The van der Waals surface area contributed by atoms with Crippen molar-refractivity contribution in [3.63, 3.8) is 0 Å². The summed E-state index contributed by atoms with van der Waals surface area (Å²) in [6, 6.07) is 6.07. The van der Waals surface area contributed by atoms with Crippen molar-refractivity contribution in [2.75, 3.05) is 14.2 Å². The van der Waals surface area contributed by atoms with Crippen LogP contribution in [0.5, 0.6) is 0 Å². The van der Waals surface area contributed by atoms with Gasteiger partial charge in [-0.05, 0) is 62.9 Å². The number of hydrogen-bond acceptors (Lipinski definition) is 7. The van der Waals surface area contributed by atoms with Gasteiger partial charge in [0.05, 0.1) is 42.4 Å². The first-order chi connectivity index (χ1) is 21.5. The highest BCUT2D eigenvalue weighted by Gasteiger charge is 2.37. The van der Waals surface area contributed by atoms with Crippen molar-refractivity contribution in [2.45, 2.75) is 84.5 Å². The summed E-state index contributed by atoms with van der Waals surface area (Å²) < 4.78 is 10.7. The maximum atomic E-state index is 13.9. The van der Waals surface area contributed by atoms with E-state index in [2.05, 4.69) is 36.8 Å². The van der Waals surface area contributed by atoms with Crippen LogP contribution >= 0.6 is 0 Å². The average molecular weight is 609 g/mol. The molecule has 4 atom stereocenters. The van der Waals surface area contributed by atoms with Gasteiger partial charge in [-0.15, -0.1) is 0 Å². The number of rotatable bonds is 6. The molecule has 2 aromatic heterocycles. The first-order valence-corrected chi connectivity index (χ1v) is 15.6. The number of nitrogens with zero attached hydrogens (tertiary/aromatic N) is 2. The van der Waals surface area contributed by atoms with Crippen LogP contribution in [0.4, 0.5) is 0 Å². The number of H-pyrrole nitrogens is 2. The van der Waals surface area contributed by atoms with Crippen LogP contribution < -0.4 is 0 Å². The van der Waals surface area contributed by atoms with Crippen LogP contribution in [0.15, 0.2) is 24.3 Å². The van der Waals surface area contributed by atoms with Gasteiger partial charge in [0.1, 0.15) is 5.76 Å². The molecule has 8 bridgehead atoms. The summed E-state index contributed by atoms with van der Waals surface area (Å²) in [5.41, 5.74) is 9.95. The molecule has 2 N–H and O–H groups in total. The first-order valence-electron chi connectivity index (χ1n) is 15.6. The van der Waals surface area contributed by atoms with E-state index in [0.29, 0.717) is 45.9 Å². The Morgan fingerprint density at radius 1 is 0.933 bits per heavy atom. The van der Waals surface area contributed by atoms with Crippen LogP contribution in [0.3, 0.4) is 0 Å². The van der Waals surface area contributed by atoms with E-state index in [4.69, 9.17) is 19.4 Å². The van der Waals surface area contributed by atoms with Crippen molar-refractivity contribution in [2.24, 2.45) is 0 Å². The molecule has 0 saturated heterocycles. The second kappa shape index (κ2) is 11.4. The molecule has 45 heavy (non-hydrogen) atoms. The van der Waals surface area contributed by atoms with Crippen LogP contribution in [-0.4, -0.2) is 51.7 Å². The molecule has 0 unspecified atom stereocenters. The monoisotopic (exact) mass is 608 g/mol. The number of allylic oxidation sites excluding steroid dienone is 3. The predicted molar refractivity (Wildman–Crippen MR) is 173 cm³/mol. The molecule has 0 aromatic carbocycles. The number of fused-ring (bicyclic) bond motifs is 8. The number of carbonyl (C=O) groups excluding carboxylic acids is 3. The van der Waals surface area contributed by atoms with E-state index in [-0.39, 0.29) is 47.6 Å². The Labute approximate surface area is 262 Å². The van der Waals surface area contributed by atoms with E-state index in [1.807, 2.05) is 26.0 Å². The van der Waals surface area contributed by atoms with Crippen LogP contribution in [0.1, 0.15) is 133 Å². The predicted octanol–water partition coefficient (Wildman–Crippen LogP) is 7.19. The van der Waals surface area contributed by atoms with Gasteiger partial charge in [0.2, 0.25) is 0 Å². The molecule has 0 amide bonds. The molecular formula is C36H40N4O5. The standard InChI is InChI=1S/C36H40N4O5/c1-9-21-16(2)23-14-28-32(20(6)41)18(4)25(38-28)12-24-17(3)22(10-11-31(43)45-8)35(39-24)34-29(42)15-30(44-7)33-19(5)26(40-36(33)34)13-27(21)37-23/h12-17,21-22,37,40H,9-11H2,1-8H3/t16-,17+,21-,22+/m1/s1. The Balaban J connectivity index is 1.77. The molecule has 9 heteroatoms. The highest BCUT2D eigenvalue weighted by atomic mass is 16.5. The maximum absolute atomic E-state index is 13.9. The molecule has 0 spiro atoms. The Morgan fingerprint density at radius 2 is 1.69 bits per heavy atom. The van der Waals surface area contributed by atoms with E-state index in [0.717, 1.165) is 45.7 Å². The number of ketones is 2. The maximum Gasteiger partial charge on any atom is 0.305 e. The normalized spacial score (nSPS) is 21.4. The topological polar surface area (TPSA) is 127 Å². The van der Waals surface area contributed by atoms with E-state index in [1.54, 1.807) is 14.0 Å². The van der Waals surface area contributed by atoms with Gasteiger partial charge in [0.15, 0.2) is 11.6 Å². The SMILES string of the molecule is CC[C@H]1c2cc3[nH]c4c(c5nc(cc6nc(cc([nH]2)[C@@H]1C)C(C(C)=O)=C6C)[C@@H](C)[C@@H]5CCC(=O)OC)C(=O)C=C(OC)c4c3C. The zero-order valence-corrected chi connectivity index (χ0v) is 27.2. The minimum absolute atomic E-state index is 0.0478. The molecule has 0 radical (unpaired) electrons. The van der Waals surface area contributed by atoms with E-state index in [9.17, 15) is 14.4 Å². The Morgan fingerprint density at radius 3 is 2.36 bits per heavy atom. The average Bonchev–Trinajstić information content (AvgIpc) is 3.68. The quantitative estimate of drug-likeness (QED) is 0.332. The fraction of sp³-hybridized carbons (Fsp3) is 0.417. The van der Waals surface area contributed by atoms with Gasteiger partial charge in [0, 0.05) is 69.9 Å². The zero-order chi connectivity index (χ0) is 32.3. The molecule has 0 saturated carbocycles. The zero-order valence-electron chi connectivity index (χ0n) is 27.2. The molecule has 3 aliphatic heterocycles. The van der Waals surface area contributed by atoms with Crippen LogP contribution in [-0.2, 0) is 19.1 Å². The number of aromatic amines is 2. The van der Waals surface area contributed by atoms with Gasteiger partial charge < -0.3 is 19.4 Å². The molecule has 234 valence electrons. The van der Waals surface area contributed by atoms with E-state index < -0.39 is 0 Å².